The molecule has 0 radical (unpaired) electrons. The lowest BCUT2D eigenvalue weighted by molar-refractivity contribution is -0.143. The Balaban J connectivity index is 1.89. The Morgan fingerprint density at radius 3 is 2.59 bits per heavy atom. The van der Waals surface area contributed by atoms with Crippen molar-refractivity contribution in [1.29, 1.82) is 0 Å². The number of rotatable bonds is 3. The highest BCUT2D eigenvalue weighted by Crippen LogP contribution is 2.29. The SMILES string of the molecule is CCN=C(NC1CCN(CC(F)(F)F)C1)N1CCC(C)(C)C1. The number of hydrogen-bond donors (Lipinski definition) is 1. The first-order valence-electron chi connectivity index (χ1n) is 8.03. The molecule has 0 aromatic carbocycles. The summed E-state index contributed by atoms with van der Waals surface area (Å²) in [5, 5.41) is 3.38. The van der Waals surface area contributed by atoms with Gasteiger partial charge in [-0.1, -0.05) is 13.8 Å². The van der Waals surface area contributed by atoms with E-state index in [0.717, 1.165) is 31.9 Å². The normalized spacial score (nSPS) is 26.7. The predicted octanol–water partition coefficient (Wildman–Crippen LogP) is 2.32. The van der Waals surface area contributed by atoms with Crippen molar-refractivity contribution in [2.24, 2.45) is 10.4 Å². The smallest absolute Gasteiger partial charge is 0.352 e. The lowest BCUT2D eigenvalue weighted by Gasteiger charge is -2.26. The predicted molar refractivity (Wildman–Crippen MR) is 82.0 cm³/mol. The van der Waals surface area contributed by atoms with Crippen molar-refractivity contribution in [2.75, 3.05) is 39.3 Å². The molecule has 1 unspecified atom stereocenters. The standard InChI is InChI=1S/C15H27F3N4/c1-4-19-13(22-8-6-14(2,3)10-22)20-12-5-7-21(9-12)11-15(16,17)18/h12H,4-11H2,1-3H3,(H,19,20). The molecule has 2 rings (SSSR count). The molecule has 22 heavy (non-hydrogen) atoms. The van der Waals surface area contributed by atoms with Gasteiger partial charge in [0.05, 0.1) is 6.54 Å². The number of hydrogen-bond acceptors (Lipinski definition) is 2. The topological polar surface area (TPSA) is 30.9 Å². The molecule has 0 spiro atoms. The number of nitrogens with one attached hydrogen (secondary N) is 1. The molecule has 1 atom stereocenters. The zero-order valence-electron chi connectivity index (χ0n) is 13.7. The summed E-state index contributed by atoms with van der Waals surface area (Å²) in [6, 6.07) is 0.0522. The molecule has 0 aromatic rings. The van der Waals surface area contributed by atoms with E-state index in [1.54, 1.807) is 0 Å². The van der Waals surface area contributed by atoms with Crippen LogP contribution in [0.15, 0.2) is 4.99 Å². The third-order valence-electron chi connectivity index (χ3n) is 4.29. The quantitative estimate of drug-likeness (QED) is 0.639. The fraction of sp³-hybridized carbons (Fsp3) is 0.933. The fourth-order valence-electron chi connectivity index (χ4n) is 3.21. The lowest BCUT2D eigenvalue weighted by atomic mass is 9.93. The van der Waals surface area contributed by atoms with Crippen molar-refractivity contribution in [3.05, 3.63) is 0 Å². The Morgan fingerprint density at radius 2 is 2.05 bits per heavy atom. The van der Waals surface area contributed by atoms with Crippen LogP contribution < -0.4 is 5.32 Å². The molecule has 2 aliphatic rings. The van der Waals surface area contributed by atoms with Crippen molar-refractivity contribution in [1.82, 2.24) is 15.1 Å². The summed E-state index contributed by atoms with van der Waals surface area (Å²) in [4.78, 5) is 8.23. The van der Waals surface area contributed by atoms with Crippen LogP contribution in [0.1, 0.15) is 33.6 Å². The van der Waals surface area contributed by atoms with Gasteiger partial charge in [0.1, 0.15) is 0 Å². The van der Waals surface area contributed by atoms with Crippen LogP contribution in [0.25, 0.3) is 0 Å². The maximum absolute atomic E-state index is 12.5. The minimum absolute atomic E-state index is 0.0522. The van der Waals surface area contributed by atoms with Crippen LogP contribution in [0.5, 0.6) is 0 Å². The average Bonchev–Trinajstić information content (AvgIpc) is 2.93. The molecular weight excluding hydrogens is 293 g/mol. The van der Waals surface area contributed by atoms with E-state index in [0.29, 0.717) is 19.6 Å². The molecule has 7 heteroatoms. The molecule has 2 fully saturated rings. The number of halogens is 3. The van der Waals surface area contributed by atoms with Gasteiger partial charge in [0.25, 0.3) is 0 Å². The Hall–Kier alpha value is -0.980. The van der Waals surface area contributed by atoms with Gasteiger partial charge in [-0.3, -0.25) is 9.89 Å². The molecule has 1 N–H and O–H groups in total. The van der Waals surface area contributed by atoms with Crippen molar-refractivity contribution >= 4 is 5.96 Å². The highest BCUT2D eigenvalue weighted by molar-refractivity contribution is 5.80. The van der Waals surface area contributed by atoms with Gasteiger partial charge in [0.2, 0.25) is 0 Å². The molecular formula is C15H27F3N4. The molecule has 0 saturated carbocycles. The van der Waals surface area contributed by atoms with Gasteiger partial charge in [0.15, 0.2) is 5.96 Å². The highest BCUT2D eigenvalue weighted by Gasteiger charge is 2.36. The van der Waals surface area contributed by atoms with E-state index in [1.165, 1.54) is 4.90 Å². The minimum atomic E-state index is -4.12. The van der Waals surface area contributed by atoms with Gasteiger partial charge >= 0.3 is 6.18 Å². The monoisotopic (exact) mass is 320 g/mol. The van der Waals surface area contributed by atoms with Gasteiger partial charge < -0.3 is 10.2 Å². The summed E-state index contributed by atoms with van der Waals surface area (Å²) in [5.41, 5.74) is 0.272. The van der Waals surface area contributed by atoms with Gasteiger partial charge in [-0.2, -0.15) is 13.2 Å². The van der Waals surface area contributed by atoms with Crippen molar-refractivity contribution in [3.63, 3.8) is 0 Å². The molecule has 0 bridgehead atoms. The molecule has 2 saturated heterocycles. The minimum Gasteiger partial charge on any atom is -0.352 e. The van der Waals surface area contributed by atoms with E-state index in [-0.39, 0.29) is 11.5 Å². The van der Waals surface area contributed by atoms with Crippen LogP contribution in [0.2, 0.25) is 0 Å². The van der Waals surface area contributed by atoms with Gasteiger partial charge in [-0.15, -0.1) is 0 Å². The Kier molecular flexibility index (Phi) is 5.25. The summed E-state index contributed by atoms with van der Waals surface area (Å²) in [6.45, 7) is 9.12. The van der Waals surface area contributed by atoms with E-state index in [4.69, 9.17) is 0 Å². The van der Waals surface area contributed by atoms with Crippen LogP contribution in [0.4, 0.5) is 13.2 Å². The largest absolute Gasteiger partial charge is 0.401 e. The highest BCUT2D eigenvalue weighted by atomic mass is 19.4. The lowest BCUT2D eigenvalue weighted by Crippen LogP contribution is -2.47. The van der Waals surface area contributed by atoms with Gasteiger partial charge in [-0.05, 0) is 25.2 Å². The Bertz CT molecular complexity index is 406. The maximum Gasteiger partial charge on any atom is 0.401 e. The molecule has 2 aliphatic heterocycles. The first-order valence-corrected chi connectivity index (χ1v) is 8.03. The number of likely N-dealkylation sites (tertiary alicyclic amines) is 2. The third-order valence-corrected chi connectivity index (χ3v) is 4.29. The summed E-state index contributed by atoms with van der Waals surface area (Å²) in [7, 11) is 0. The zero-order valence-corrected chi connectivity index (χ0v) is 13.7. The summed E-state index contributed by atoms with van der Waals surface area (Å²) in [5.74, 6) is 0.854. The van der Waals surface area contributed by atoms with Crippen molar-refractivity contribution in [3.8, 4) is 0 Å². The van der Waals surface area contributed by atoms with E-state index >= 15 is 0 Å². The number of aliphatic imine (C=N–C) groups is 1. The Morgan fingerprint density at radius 1 is 1.32 bits per heavy atom. The second kappa shape index (κ2) is 6.64. The number of guanidine groups is 1. The number of alkyl halides is 3. The van der Waals surface area contributed by atoms with E-state index in [2.05, 4.69) is 29.1 Å². The van der Waals surface area contributed by atoms with Crippen LogP contribution in [-0.4, -0.2) is 67.2 Å². The second-order valence-corrected chi connectivity index (χ2v) is 7.11. The van der Waals surface area contributed by atoms with Crippen molar-refractivity contribution in [2.45, 2.75) is 45.8 Å². The summed E-state index contributed by atoms with van der Waals surface area (Å²) >= 11 is 0. The van der Waals surface area contributed by atoms with Crippen molar-refractivity contribution < 1.29 is 13.2 Å². The van der Waals surface area contributed by atoms with Crippen LogP contribution >= 0.6 is 0 Å². The second-order valence-electron chi connectivity index (χ2n) is 7.11. The van der Waals surface area contributed by atoms with E-state index in [1.807, 2.05) is 6.92 Å². The number of nitrogens with zero attached hydrogens (tertiary/aromatic N) is 3. The third kappa shape index (κ3) is 5.04. The zero-order chi connectivity index (χ0) is 16.4. The summed E-state index contributed by atoms with van der Waals surface area (Å²) < 4.78 is 37.4. The first kappa shape index (κ1) is 17.4. The molecule has 0 aromatic heterocycles. The average molecular weight is 320 g/mol. The van der Waals surface area contributed by atoms with Gasteiger partial charge in [0, 0.05) is 38.8 Å². The van der Waals surface area contributed by atoms with Crippen LogP contribution in [0.3, 0.4) is 0 Å². The molecule has 4 nitrogen and oxygen atoms in total. The molecule has 2 heterocycles. The van der Waals surface area contributed by atoms with Crippen LogP contribution in [-0.2, 0) is 0 Å². The molecule has 0 aliphatic carbocycles. The fourth-order valence-corrected chi connectivity index (χ4v) is 3.21. The first-order chi connectivity index (χ1) is 10.2. The molecule has 128 valence electrons. The molecule has 0 amide bonds. The summed E-state index contributed by atoms with van der Waals surface area (Å²) in [6.07, 6.45) is -2.27. The van der Waals surface area contributed by atoms with Crippen LogP contribution in [0, 0.1) is 5.41 Å². The van der Waals surface area contributed by atoms with E-state index in [9.17, 15) is 13.2 Å². The van der Waals surface area contributed by atoms with E-state index < -0.39 is 12.7 Å². The van der Waals surface area contributed by atoms with Gasteiger partial charge in [-0.25, -0.2) is 0 Å². The maximum atomic E-state index is 12.5. The Labute approximate surface area is 130 Å².